The molecule has 0 amide bonds. The predicted octanol–water partition coefficient (Wildman–Crippen LogP) is 5.50. The van der Waals surface area contributed by atoms with E-state index < -0.39 is 0 Å². The number of fused-ring (bicyclic) bond motifs is 1. The molecule has 1 aromatic carbocycles. The number of aryl methyl sites for hydroxylation is 6. The van der Waals surface area contributed by atoms with Crippen LogP contribution in [0.1, 0.15) is 47.2 Å². The fourth-order valence-corrected chi connectivity index (χ4v) is 4.83. The van der Waals surface area contributed by atoms with E-state index in [9.17, 15) is 0 Å². The maximum absolute atomic E-state index is 4.99. The van der Waals surface area contributed by atoms with E-state index in [-0.39, 0.29) is 0 Å². The van der Waals surface area contributed by atoms with Gasteiger partial charge >= 0.3 is 0 Å². The van der Waals surface area contributed by atoms with Crippen LogP contribution >= 0.6 is 0 Å². The number of rotatable bonds is 6. The highest BCUT2D eigenvalue weighted by Gasteiger charge is 2.25. The molecule has 3 nitrogen and oxygen atoms in total. The van der Waals surface area contributed by atoms with Crippen LogP contribution in [0.2, 0.25) is 0 Å². The summed E-state index contributed by atoms with van der Waals surface area (Å²) in [5, 5.41) is 0. The van der Waals surface area contributed by atoms with Gasteiger partial charge in [-0.3, -0.25) is 4.98 Å². The molecule has 28 heavy (non-hydrogen) atoms. The molecule has 3 aromatic rings. The SMILES string of the molecule is Cc1cc(C)c(-c2cn(C)c3c(CCCN(C)C4CC4)cc(C)nc23)c(C)c1. The van der Waals surface area contributed by atoms with Gasteiger partial charge in [-0.05, 0) is 95.3 Å². The molecule has 0 spiro atoms. The molecule has 0 bridgehead atoms. The zero-order chi connectivity index (χ0) is 20.0. The number of hydrogen-bond donors (Lipinski definition) is 0. The molecule has 0 N–H and O–H groups in total. The molecule has 4 rings (SSSR count). The molecule has 0 atom stereocenters. The topological polar surface area (TPSA) is 21.1 Å². The molecule has 0 radical (unpaired) electrons. The number of nitrogens with zero attached hydrogens (tertiary/aromatic N) is 3. The summed E-state index contributed by atoms with van der Waals surface area (Å²) >= 11 is 0. The Kier molecular flexibility index (Phi) is 5.05. The Morgan fingerprint density at radius 3 is 2.39 bits per heavy atom. The highest BCUT2D eigenvalue weighted by Crippen LogP contribution is 2.36. The molecular formula is C25H33N3. The van der Waals surface area contributed by atoms with Crippen LogP contribution in [-0.2, 0) is 13.5 Å². The van der Waals surface area contributed by atoms with Gasteiger partial charge in [0.05, 0.1) is 11.0 Å². The third-order valence-corrected chi connectivity index (χ3v) is 6.20. The first kappa shape index (κ1) is 19.2. The Balaban J connectivity index is 1.73. The molecule has 1 aliphatic carbocycles. The van der Waals surface area contributed by atoms with Crippen molar-refractivity contribution in [3.63, 3.8) is 0 Å². The maximum atomic E-state index is 4.99. The second-order valence-corrected chi connectivity index (χ2v) is 8.86. The van der Waals surface area contributed by atoms with E-state index in [0.29, 0.717) is 0 Å². The van der Waals surface area contributed by atoms with E-state index >= 15 is 0 Å². The van der Waals surface area contributed by atoms with E-state index in [1.165, 1.54) is 64.7 Å². The Labute approximate surface area is 169 Å². The Morgan fingerprint density at radius 1 is 1.07 bits per heavy atom. The van der Waals surface area contributed by atoms with Crippen LogP contribution < -0.4 is 0 Å². The molecule has 0 unspecified atom stereocenters. The molecule has 148 valence electrons. The molecule has 1 saturated carbocycles. The second kappa shape index (κ2) is 7.36. The highest BCUT2D eigenvalue weighted by molar-refractivity contribution is 5.96. The van der Waals surface area contributed by atoms with Crippen molar-refractivity contribution in [1.82, 2.24) is 14.5 Å². The molecule has 0 saturated heterocycles. The van der Waals surface area contributed by atoms with Crippen LogP contribution in [0, 0.1) is 27.7 Å². The van der Waals surface area contributed by atoms with Crippen molar-refractivity contribution in [3.8, 4) is 11.1 Å². The Morgan fingerprint density at radius 2 is 1.75 bits per heavy atom. The van der Waals surface area contributed by atoms with Gasteiger partial charge in [-0.2, -0.15) is 0 Å². The van der Waals surface area contributed by atoms with Gasteiger partial charge in [0.15, 0.2) is 0 Å². The van der Waals surface area contributed by atoms with Gasteiger partial charge in [0, 0.05) is 30.5 Å². The highest BCUT2D eigenvalue weighted by atomic mass is 15.1. The molecular weight excluding hydrogens is 342 g/mol. The van der Waals surface area contributed by atoms with Crippen molar-refractivity contribution >= 4 is 11.0 Å². The van der Waals surface area contributed by atoms with E-state index in [2.05, 4.69) is 75.7 Å². The van der Waals surface area contributed by atoms with E-state index in [4.69, 9.17) is 4.98 Å². The molecule has 1 aliphatic rings. The fourth-order valence-electron chi connectivity index (χ4n) is 4.83. The van der Waals surface area contributed by atoms with Crippen LogP contribution in [0.5, 0.6) is 0 Å². The Bertz CT molecular complexity index is 1000. The van der Waals surface area contributed by atoms with Gasteiger partial charge in [0.25, 0.3) is 0 Å². The number of pyridine rings is 1. The Hall–Kier alpha value is -2.13. The van der Waals surface area contributed by atoms with Gasteiger partial charge in [-0.1, -0.05) is 17.7 Å². The van der Waals surface area contributed by atoms with Gasteiger partial charge in [0.2, 0.25) is 0 Å². The third kappa shape index (κ3) is 3.60. The van der Waals surface area contributed by atoms with E-state index in [1.54, 1.807) is 0 Å². The largest absolute Gasteiger partial charge is 0.348 e. The first-order valence-corrected chi connectivity index (χ1v) is 10.6. The van der Waals surface area contributed by atoms with E-state index in [0.717, 1.165) is 23.7 Å². The summed E-state index contributed by atoms with van der Waals surface area (Å²) in [6.07, 6.45) is 7.35. The van der Waals surface area contributed by atoms with Crippen LogP contribution in [0.25, 0.3) is 22.2 Å². The number of benzene rings is 1. The number of aromatic nitrogens is 2. The standard InChI is InChI=1S/C25H33N3/c1-16-12-17(2)23(18(3)13-16)22-15-28(6)25-20(14-19(4)26-24(22)25)8-7-11-27(5)21-9-10-21/h12-15,21H,7-11H2,1-6H3. The van der Waals surface area contributed by atoms with Crippen molar-refractivity contribution in [2.45, 2.75) is 59.4 Å². The van der Waals surface area contributed by atoms with E-state index in [1.807, 2.05) is 0 Å². The second-order valence-electron chi connectivity index (χ2n) is 8.86. The lowest BCUT2D eigenvalue weighted by molar-refractivity contribution is 0.320. The number of hydrogen-bond acceptors (Lipinski definition) is 2. The summed E-state index contributed by atoms with van der Waals surface area (Å²) in [4.78, 5) is 7.52. The summed E-state index contributed by atoms with van der Waals surface area (Å²) in [5.74, 6) is 0. The summed E-state index contributed by atoms with van der Waals surface area (Å²) in [6.45, 7) is 9.93. The van der Waals surface area contributed by atoms with Crippen LogP contribution in [0.4, 0.5) is 0 Å². The minimum atomic E-state index is 0.841. The normalized spacial score (nSPS) is 14.4. The van der Waals surface area contributed by atoms with Crippen LogP contribution in [-0.4, -0.2) is 34.1 Å². The summed E-state index contributed by atoms with van der Waals surface area (Å²) < 4.78 is 2.29. The van der Waals surface area contributed by atoms with Crippen molar-refractivity contribution in [2.75, 3.05) is 13.6 Å². The first-order chi connectivity index (χ1) is 13.3. The average molecular weight is 376 g/mol. The minimum absolute atomic E-state index is 0.841. The fraction of sp³-hybridized carbons (Fsp3) is 0.480. The lowest BCUT2D eigenvalue weighted by Crippen LogP contribution is -2.22. The van der Waals surface area contributed by atoms with Crippen LogP contribution in [0.3, 0.4) is 0 Å². The quantitative estimate of drug-likeness (QED) is 0.567. The zero-order valence-corrected chi connectivity index (χ0v) is 18.3. The van der Waals surface area contributed by atoms with Gasteiger partial charge in [0.1, 0.15) is 0 Å². The van der Waals surface area contributed by atoms with Crippen molar-refractivity contribution in [1.29, 1.82) is 0 Å². The van der Waals surface area contributed by atoms with Crippen LogP contribution in [0.15, 0.2) is 24.4 Å². The van der Waals surface area contributed by atoms with Gasteiger partial charge in [-0.25, -0.2) is 0 Å². The lowest BCUT2D eigenvalue weighted by Gasteiger charge is -2.16. The summed E-state index contributed by atoms with van der Waals surface area (Å²) in [5.41, 5.74) is 11.6. The summed E-state index contributed by atoms with van der Waals surface area (Å²) in [7, 11) is 4.44. The van der Waals surface area contributed by atoms with Gasteiger partial charge in [-0.15, -0.1) is 0 Å². The average Bonchev–Trinajstić information content (AvgIpc) is 3.40. The smallest absolute Gasteiger partial charge is 0.0965 e. The molecule has 0 aliphatic heterocycles. The molecule has 1 fully saturated rings. The predicted molar refractivity (Wildman–Crippen MR) is 119 cm³/mol. The zero-order valence-electron chi connectivity index (χ0n) is 18.3. The molecule has 2 heterocycles. The van der Waals surface area contributed by atoms with Crippen molar-refractivity contribution in [3.05, 3.63) is 52.3 Å². The monoisotopic (exact) mass is 375 g/mol. The maximum Gasteiger partial charge on any atom is 0.0965 e. The third-order valence-electron chi connectivity index (χ3n) is 6.20. The van der Waals surface area contributed by atoms with Gasteiger partial charge < -0.3 is 9.47 Å². The molecule has 2 aromatic heterocycles. The first-order valence-electron chi connectivity index (χ1n) is 10.6. The van der Waals surface area contributed by atoms with Crippen molar-refractivity contribution in [2.24, 2.45) is 7.05 Å². The molecule has 3 heteroatoms. The summed E-state index contributed by atoms with van der Waals surface area (Å²) in [6, 6.07) is 7.70. The minimum Gasteiger partial charge on any atom is -0.348 e. The lowest BCUT2D eigenvalue weighted by atomic mass is 9.94. The van der Waals surface area contributed by atoms with Crippen molar-refractivity contribution < 1.29 is 0 Å².